The van der Waals surface area contributed by atoms with Crippen molar-refractivity contribution in [3.05, 3.63) is 65.7 Å². The van der Waals surface area contributed by atoms with E-state index in [2.05, 4.69) is 55.1 Å². The normalized spacial score (nSPS) is 10.4. The molecule has 1 heterocycles. The molecule has 3 aromatic rings. The molecule has 3 rings (SSSR count). The van der Waals surface area contributed by atoms with Crippen LogP contribution in [-0.2, 0) is 0 Å². The van der Waals surface area contributed by atoms with Crippen molar-refractivity contribution in [2.45, 2.75) is 0 Å². The zero-order valence-electron chi connectivity index (χ0n) is 9.99. The minimum Gasteiger partial charge on any atom is -0.216 e. The Morgan fingerprint density at radius 3 is 2.26 bits per heavy atom. The third kappa shape index (κ3) is 2.69. The van der Waals surface area contributed by atoms with Gasteiger partial charge in [0.25, 0.3) is 0 Å². The Morgan fingerprint density at radius 1 is 0.737 bits per heavy atom. The van der Waals surface area contributed by atoms with Gasteiger partial charge < -0.3 is 0 Å². The monoisotopic (exact) mass is 311 g/mol. The number of rotatable bonds is 2. The van der Waals surface area contributed by atoms with E-state index >= 15 is 0 Å². The first-order valence-corrected chi connectivity index (χ1v) is 6.62. The summed E-state index contributed by atoms with van der Waals surface area (Å²) in [5.74, 6) is 0.666. The average Bonchev–Trinajstić information content (AvgIpc) is 2.48. The Balaban J connectivity index is 2.06. The van der Waals surface area contributed by atoms with E-state index < -0.39 is 0 Å². The highest BCUT2D eigenvalue weighted by Crippen LogP contribution is 2.24. The first kappa shape index (κ1) is 12.0. The lowest BCUT2D eigenvalue weighted by Gasteiger charge is -2.04. The largest absolute Gasteiger partial charge is 0.216 e. The van der Waals surface area contributed by atoms with Gasteiger partial charge in [-0.1, -0.05) is 48.5 Å². The highest BCUT2D eigenvalue weighted by molar-refractivity contribution is 9.10. The first-order chi connectivity index (χ1) is 9.33. The van der Waals surface area contributed by atoms with Gasteiger partial charge in [-0.3, -0.25) is 0 Å². The van der Waals surface area contributed by atoms with Crippen molar-refractivity contribution < 1.29 is 0 Å². The number of nitrogens with zero attached hydrogens (tertiary/aromatic N) is 3. The second kappa shape index (κ2) is 5.28. The molecule has 3 nitrogen and oxygen atoms in total. The van der Waals surface area contributed by atoms with Gasteiger partial charge in [0.2, 0.25) is 0 Å². The zero-order chi connectivity index (χ0) is 13.1. The lowest BCUT2D eigenvalue weighted by molar-refractivity contribution is 1.02. The van der Waals surface area contributed by atoms with Crippen LogP contribution in [0.15, 0.2) is 65.7 Å². The fourth-order valence-electron chi connectivity index (χ4n) is 1.88. The van der Waals surface area contributed by atoms with E-state index in [0.29, 0.717) is 10.6 Å². The van der Waals surface area contributed by atoms with Crippen molar-refractivity contribution in [2.24, 2.45) is 0 Å². The Hall–Kier alpha value is -2.07. The van der Waals surface area contributed by atoms with Crippen LogP contribution in [0.3, 0.4) is 0 Å². The molecule has 0 aliphatic rings. The van der Waals surface area contributed by atoms with E-state index in [4.69, 9.17) is 0 Å². The van der Waals surface area contributed by atoms with Crippen molar-refractivity contribution >= 4 is 15.9 Å². The molecule has 0 amide bonds. The van der Waals surface area contributed by atoms with Crippen LogP contribution in [0.1, 0.15) is 0 Å². The van der Waals surface area contributed by atoms with Gasteiger partial charge in [-0.25, -0.2) is 15.0 Å². The SMILES string of the molecule is Brc1ncnc(-c2cccc(-c3ccccc3)c2)n1. The molecule has 0 aliphatic carbocycles. The number of benzene rings is 2. The first-order valence-electron chi connectivity index (χ1n) is 5.83. The van der Waals surface area contributed by atoms with E-state index in [9.17, 15) is 0 Å². The third-order valence-electron chi connectivity index (χ3n) is 2.77. The van der Waals surface area contributed by atoms with Gasteiger partial charge in [-0.05, 0) is 33.1 Å². The summed E-state index contributed by atoms with van der Waals surface area (Å²) in [6.45, 7) is 0. The second-order valence-electron chi connectivity index (χ2n) is 4.02. The molecular formula is C15H10BrN3. The smallest absolute Gasteiger partial charge is 0.200 e. The number of hydrogen-bond acceptors (Lipinski definition) is 3. The van der Waals surface area contributed by atoms with Gasteiger partial charge in [0.05, 0.1) is 0 Å². The molecular weight excluding hydrogens is 302 g/mol. The van der Waals surface area contributed by atoms with Crippen molar-refractivity contribution in [2.75, 3.05) is 0 Å². The van der Waals surface area contributed by atoms with Crippen LogP contribution in [0.2, 0.25) is 0 Å². The van der Waals surface area contributed by atoms with Crippen LogP contribution < -0.4 is 0 Å². The third-order valence-corrected chi connectivity index (χ3v) is 3.15. The molecule has 1 aromatic heterocycles. The highest BCUT2D eigenvalue weighted by Gasteiger charge is 2.04. The summed E-state index contributed by atoms with van der Waals surface area (Å²) in [6, 6.07) is 18.4. The fraction of sp³-hybridized carbons (Fsp3) is 0. The van der Waals surface area contributed by atoms with Gasteiger partial charge in [-0.2, -0.15) is 0 Å². The molecule has 0 saturated heterocycles. The van der Waals surface area contributed by atoms with Crippen LogP contribution >= 0.6 is 15.9 Å². The van der Waals surface area contributed by atoms with E-state index in [1.165, 1.54) is 11.9 Å². The maximum atomic E-state index is 4.27. The van der Waals surface area contributed by atoms with Crippen molar-refractivity contribution in [1.29, 1.82) is 0 Å². The zero-order valence-corrected chi connectivity index (χ0v) is 11.6. The summed E-state index contributed by atoms with van der Waals surface area (Å²) in [5, 5.41) is 0. The molecule has 0 spiro atoms. The molecule has 4 heteroatoms. The molecule has 0 atom stereocenters. The lowest BCUT2D eigenvalue weighted by atomic mass is 10.0. The summed E-state index contributed by atoms with van der Waals surface area (Å²) < 4.78 is 0.544. The Morgan fingerprint density at radius 2 is 1.47 bits per heavy atom. The molecule has 0 saturated carbocycles. The van der Waals surface area contributed by atoms with E-state index in [1.54, 1.807) is 0 Å². The van der Waals surface area contributed by atoms with Crippen molar-refractivity contribution in [1.82, 2.24) is 15.0 Å². The average molecular weight is 312 g/mol. The van der Waals surface area contributed by atoms with Gasteiger partial charge in [0.15, 0.2) is 10.6 Å². The lowest BCUT2D eigenvalue weighted by Crippen LogP contribution is -1.91. The van der Waals surface area contributed by atoms with Crippen LogP contribution in [0.25, 0.3) is 22.5 Å². The van der Waals surface area contributed by atoms with E-state index in [1.807, 2.05) is 30.3 Å². The molecule has 0 aliphatic heterocycles. The Kier molecular flexibility index (Phi) is 3.33. The fourth-order valence-corrected chi connectivity index (χ4v) is 2.14. The summed E-state index contributed by atoms with van der Waals surface area (Å²) in [6.07, 6.45) is 1.50. The Bertz CT molecular complexity index is 699. The van der Waals surface area contributed by atoms with Crippen molar-refractivity contribution in [3.8, 4) is 22.5 Å². The van der Waals surface area contributed by atoms with Crippen LogP contribution in [0.4, 0.5) is 0 Å². The summed E-state index contributed by atoms with van der Waals surface area (Å²) in [5.41, 5.74) is 3.30. The topological polar surface area (TPSA) is 38.7 Å². The Labute approximate surface area is 119 Å². The maximum Gasteiger partial charge on any atom is 0.200 e. The van der Waals surface area contributed by atoms with Crippen LogP contribution in [0.5, 0.6) is 0 Å². The van der Waals surface area contributed by atoms with E-state index in [-0.39, 0.29) is 0 Å². The standard InChI is InChI=1S/C15H10BrN3/c16-15-18-10-17-14(19-15)13-8-4-7-12(9-13)11-5-2-1-3-6-11/h1-10H. The molecule has 0 unspecified atom stereocenters. The minimum atomic E-state index is 0.544. The summed E-state index contributed by atoms with van der Waals surface area (Å²) in [4.78, 5) is 12.4. The van der Waals surface area contributed by atoms with Crippen LogP contribution in [-0.4, -0.2) is 15.0 Å². The summed E-state index contributed by atoms with van der Waals surface area (Å²) in [7, 11) is 0. The molecule has 0 fully saturated rings. The second-order valence-corrected chi connectivity index (χ2v) is 4.73. The summed E-state index contributed by atoms with van der Waals surface area (Å²) >= 11 is 3.26. The molecule has 0 radical (unpaired) electrons. The maximum absolute atomic E-state index is 4.27. The molecule has 0 N–H and O–H groups in total. The molecule has 0 bridgehead atoms. The predicted molar refractivity (Wildman–Crippen MR) is 78.4 cm³/mol. The highest BCUT2D eigenvalue weighted by atomic mass is 79.9. The molecule has 92 valence electrons. The van der Waals surface area contributed by atoms with Crippen LogP contribution in [0, 0.1) is 0 Å². The van der Waals surface area contributed by atoms with E-state index in [0.717, 1.165) is 11.1 Å². The molecule has 2 aromatic carbocycles. The number of aromatic nitrogens is 3. The minimum absolute atomic E-state index is 0.544. The number of halogens is 1. The quantitative estimate of drug-likeness (QED) is 0.719. The van der Waals surface area contributed by atoms with Crippen molar-refractivity contribution in [3.63, 3.8) is 0 Å². The van der Waals surface area contributed by atoms with Gasteiger partial charge >= 0.3 is 0 Å². The number of hydrogen-bond donors (Lipinski definition) is 0. The molecule has 19 heavy (non-hydrogen) atoms. The van der Waals surface area contributed by atoms with Gasteiger partial charge in [-0.15, -0.1) is 0 Å². The van der Waals surface area contributed by atoms with Gasteiger partial charge in [0.1, 0.15) is 6.33 Å². The van der Waals surface area contributed by atoms with Gasteiger partial charge in [0, 0.05) is 5.56 Å². The predicted octanol–water partition coefficient (Wildman–Crippen LogP) is 3.97.